The molecule has 118 valence electrons. The molecule has 1 fully saturated rings. The van der Waals surface area contributed by atoms with Crippen LogP contribution < -0.4 is 5.73 Å². The molecule has 1 aliphatic heterocycles. The largest absolute Gasteiger partial charge is 0.395 e. The lowest BCUT2D eigenvalue weighted by Gasteiger charge is -2.41. The summed E-state index contributed by atoms with van der Waals surface area (Å²) in [6.45, 7) is 9.39. The molecule has 0 bridgehead atoms. The van der Waals surface area contributed by atoms with E-state index in [1.807, 2.05) is 0 Å². The van der Waals surface area contributed by atoms with Crippen LogP contribution in [0, 0.1) is 6.92 Å². The Hall–Kier alpha value is -0.940. The fraction of sp³-hybridized carbons (Fsp3) is 0.647. The summed E-state index contributed by atoms with van der Waals surface area (Å²) in [6.07, 6.45) is 0.982. The van der Waals surface area contributed by atoms with Crippen LogP contribution in [0.25, 0.3) is 0 Å². The molecular formula is C17H29N3O. The molecular weight excluding hydrogens is 262 g/mol. The van der Waals surface area contributed by atoms with Gasteiger partial charge in [0.2, 0.25) is 0 Å². The lowest BCUT2D eigenvalue weighted by Crippen LogP contribution is -2.51. The number of aliphatic hydroxyl groups is 1. The maximum Gasteiger partial charge on any atom is 0.0558 e. The van der Waals surface area contributed by atoms with Crippen LogP contribution in [0.5, 0.6) is 0 Å². The Balaban J connectivity index is 2.11. The number of nitrogens with zero attached hydrogens (tertiary/aromatic N) is 2. The summed E-state index contributed by atoms with van der Waals surface area (Å²) in [5.74, 6) is 0. The van der Waals surface area contributed by atoms with E-state index in [2.05, 4.69) is 47.9 Å². The predicted octanol–water partition coefficient (Wildman–Crippen LogP) is 1.38. The van der Waals surface area contributed by atoms with Gasteiger partial charge in [0.1, 0.15) is 0 Å². The number of hydrogen-bond acceptors (Lipinski definition) is 4. The van der Waals surface area contributed by atoms with Crippen molar-refractivity contribution >= 4 is 0 Å². The maximum absolute atomic E-state index is 9.05. The highest BCUT2D eigenvalue weighted by Gasteiger charge is 2.28. The first kappa shape index (κ1) is 16.4. The first-order valence-corrected chi connectivity index (χ1v) is 8.05. The average Bonchev–Trinajstić information content (AvgIpc) is 2.49. The SMILES string of the molecule is CCC(N)C(c1cccc(C)c1)N1CCN(CCO)CC1. The van der Waals surface area contributed by atoms with Crippen LogP contribution in [0.3, 0.4) is 0 Å². The number of benzene rings is 1. The van der Waals surface area contributed by atoms with Crippen molar-refractivity contribution in [1.82, 2.24) is 9.80 Å². The lowest BCUT2D eigenvalue weighted by molar-refractivity contribution is 0.0733. The molecule has 1 heterocycles. The molecule has 1 aromatic rings. The van der Waals surface area contributed by atoms with E-state index >= 15 is 0 Å². The topological polar surface area (TPSA) is 52.7 Å². The zero-order valence-electron chi connectivity index (χ0n) is 13.3. The average molecular weight is 291 g/mol. The third kappa shape index (κ3) is 4.27. The van der Waals surface area contributed by atoms with Crippen LogP contribution in [-0.2, 0) is 0 Å². The van der Waals surface area contributed by atoms with Crippen molar-refractivity contribution in [2.24, 2.45) is 5.73 Å². The second kappa shape index (κ2) is 7.90. The summed E-state index contributed by atoms with van der Waals surface area (Å²) in [4.78, 5) is 4.83. The van der Waals surface area contributed by atoms with Gasteiger partial charge in [0.15, 0.2) is 0 Å². The summed E-state index contributed by atoms with van der Waals surface area (Å²) in [7, 11) is 0. The Morgan fingerprint density at radius 3 is 2.52 bits per heavy atom. The highest BCUT2D eigenvalue weighted by Crippen LogP contribution is 2.26. The first-order chi connectivity index (χ1) is 10.2. The fourth-order valence-electron chi connectivity index (χ4n) is 3.21. The van der Waals surface area contributed by atoms with Crippen LogP contribution >= 0.6 is 0 Å². The third-order valence-corrected chi connectivity index (χ3v) is 4.48. The molecule has 2 unspecified atom stereocenters. The normalized spacial score (nSPS) is 20.4. The molecule has 21 heavy (non-hydrogen) atoms. The van der Waals surface area contributed by atoms with Gasteiger partial charge in [-0.3, -0.25) is 9.80 Å². The van der Waals surface area contributed by atoms with E-state index in [0.717, 1.165) is 39.1 Å². The third-order valence-electron chi connectivity index (χ3n) is 4.48. The molecule has 1 saturated heterocycles. The molecule has 0 aliphatic carbocycles. The van der Waals surface area contributed by atoms with Crippen molar-refractivity contribution in [2.45, 2.75) is 32.4 Å². The van der Waals surface area contributed by atoms with E-state index in [0.29, 0.717) is 6.04 Å². The van der Waals surface area contributed by atoms with Gasteiger partial charge in [0.05, 0.1) is 6.61 Å². The molecule has 4 nitrogen and oxygen atoms in total. The second-order valence-electron chi connectivity index (χ2n) is 6.03. The minimum Gasteiger partial charge on any atom is -0.395 e. The van der Waals surface area contributed by atoms with E-state index < -0.39 is 0 Å². The molecule has 0 amide bonds. The zero-order valence-corrected chi connectivity index (χ0v) is 13.3. The minimum absolute atomic E-state index is 0.163. The van der Waals surface area contributed by atoms with Crippen LogP contribution in [0.1, 0.15) is 30.5 Å². The van der Waals surface area contributed by atoms with Crippen molar-refractivity contribution in [3.05, 3.63) is 35.4 Å². The Labute approximate surface area is 128 Å². The quantitative estimate of drug-likeness (QED) is 0.831. The molecule has 0 radical (unpaired) electrons. The van der Waals surface area contributed by atoms with Crippen LogP contribution in [0.4, 0.5) is 0 Å². The van der Waals surface area contributed by atoms with Crippen molar-refractivity contribution in [2.75, 3.05) is 39.3 Å². The van der Waals surface area contributed by atoms with Crippen molar-refractivity contribution in [3.63, 3.8) is 0 Å². The van der Waals surface area contributed by atoms with E-state index in [1.165, 1.54) is 11.1 Å². The molecule has 1 aliphatic rings. The van der Waals surface area contributed by atoms with Gasteiger partial charge in [-0.25, -0.2) is 0 Å². The van der Waals surface area contributed by atoms with Crippen LogP contribution in [-0.4, -0.2) is 60.3 Å². The summed E-state index contributed by atoms with van der Waals surface area (Å²) in [5.41, 5.74) is 9.05. The Kier molecular flexibility index (Phi) is 6.18. The molecule has 4 heteroatoms. The number of hydrogen-bond donors (Lipinski definition) is 2. The van der Waals surface area contributed by atoms with Gasteiger partial charge in [-0.2, -0.15) is 0 Å². The van der Waals surface area contributed by atoms with Crippen LogP contribution in [0.2, 0.25) is 0 Å². The number of aliphatic hydroxyl groups excluding tert-OH is 1. The molecule has 2 atom stereocenters. The minimum atomic E-state index is 0.163. The standard InChI is InChI=1S/C17H29N3O/c1-3-16(18)17(15-6-4-5-14(2)13-15)20-9-7-19(8-10-20)11-12-21/h4-6,13,16-17,21H,3,7-12,18H2,1-2H3. The smallest absolute Gasteiger partial charge is 0.0558 e. The Bertz CT molecular complexity index is 430. The van der Waals surface area contributed by atoms with Crippen LogP contribution in [0.15, 0.2) is 24.3 Å². The van der Waals surface area contributed by atoms with Gasteiger partial charge < -0.3 is 10.8 Å². The van der Waals surface area contributed by atoms with Gasteiger partial charge in [0, 0.05) is 44.8 Å². The molecule has 0 aromatic heterocycles. The monoisotopic (exact) mass is 291 g/mol. The predicted molar refractivity (Wildman–Crippen MR) is 87.3 cm³/mol. The zero-order chi connectivity index (χ0) is 15.2. The Morgan fingerprint density at radius 2 is 1.95 bits per heavy atom. The molecule has 2 rings (SSSR count). The molecule has 0 spiro atoms. The Morgan fingerprint density at radius 1 is 1.24 bits per heavy atom. The highest BCUT2D eigenvalue weighted by molar-refractivity contribution is 5.26. The fourth-order valence-corrected chi connectivity index (χ4v) is 3.21. The van der Waals surface area contributed by atoms with E-state index in [9.17, 15) is 0 Å². The summed E-state index contributed by atoms with van der Waals surface area (Å²) in [6, 6.07) is 9.19. The first-order valence-electron chi connectivity index (χ1n) is 8.05. The number of rotatable bonds is 6. The van der Waals surface area contributed by atoms with Crippen molar-refractivity contribution < 1.29 is 5.11 Å². The van der Waals surface area contributed by atoms with Gasteiger partial charge in [0.25, 0.3) is 0 Å². The second-order valence-corrected chi connectivity index (χ2v) is 6.03. The highest BCUT2D eigenvalue weighted by atomic mass is 16.3. The van der Waals surface area contributed by atoms with Crippen molar-refractivity contribution in [1.29, 1.82) is 0 Å². The lowest BCUT2D eigenvalue weighted by atomic mass is 9.94. The van der Waals surface area contributed by atoms with E-state index in [4.69, 9.17) is 10.8 Å². The number of nitrogens with two attached hydrogens (primary N) is 1. The number of aryl methyl sites for hydroxylation is 1. The molecule has 1 aromatic carbocycles. The van der Waals surface area contributed by atoms with E-state index in [-0.39, 0.29) is 12.6 Å². The maximum atomic E-state index is 9.05. The van der Waals surface area contributed by atoms with Gasteiger partial charge in [-0.05, 0) is 18.9 Å². The van der Waals surface area contributed by atoms with Gasteiger partial charge in [-0.1, -0.05) is 36.8 Å². The number of β-amino-alcohol motifs (C(OH)–C–C–N with tert-alkyl or cyclic N) is 1. The molecule has 3 N–H and O–H groups in total. The summed E-state index contributed by atoms with van der Waals surface area (Å²) in [5, 5.41) is 9.05. The van der Waals surface area contributed by atoms with Gasteiger partial charge >= 0.3 is 0 Å². The summed E-state index contributed by atoms with van der Waals surface area (Å²) >= 11 is 0. The van der Waals surface area contributed by atoms with Crippen molar-refractivity contribution in [3.8, 4) is 0 Å². The van der Waals surface area contributed by atoms with Gasteiger partial charge in [-0.15, -0.1) is 0 Å². The molecule has 0 saturated carbocycles. The summed E-state index contributed by atoms with van der Waals surface area (Å²) < 4.78 is 0. The van der Waals surface area contributed by atoms with E-state index in [1.54, 1.807) is 0 Å². The number of piperazine rings is 1.